The number of nitrogens with one attached hydrogen (secondary N) is 2. The molecule has 1 aromatic rings. The first-order valence-electron chi connectivity index (χ1n) is 6.96. The smallest absolute Gasteiger partial charge is 0.408 e. The van der Waals surface area contributed by atoms with Crippen molar-refractivity contribution in [3.8, 4) is 0 Å². The molecule has 2 rings (SSSR count). The fourth-order valence-corrected chi connectivity index (χ4v) is 2.92. The lowest BCUT2D eigenvalue weighted by molar-refractivity contribution is -0.117. The van der Waals surface area contributed by atoms with E-state index in [1.807, 2.05) is 0 Å². The molecule has 1 aliphatic rings. The molecule has 0 spiro atoms. The third kappa shape index (κ3) is 4.62. The number of fused-ring (bicyclic) bond motifs is 1. The fourth-order valence-electron chi connectivity index (χ4n) is 1.91. The molecule has 0 saturated carbocycles. The zero-order valence-corrected chi connectivity index (χ0v) is 13.8. The lowest BCUT2D eigenvalue weighted by atomic mass is 10.2. The Bertz CT molecular complexity index is 654. The highest BCUT2D eigenvalue weighted by Gasteiger charge is 2.28. The summed E-state index contributed by atoms with van der Waals surface area (Å²) in [7, 11) is 0. The maximum absolute atomic E-state index is 12.2. The van der Waals surface area contributed by atoms with Crippen LogP contribution in [0.4, 0.5) is 10.5 Å². The molecule has 3 N–H and O–H groups in total. The number of alkyl carbamates (subject to hydrolysis) is 1. The van der Waals surface area contributed by atoms with Gasteiger partial charge in [0.25, 0.3) is 0 Å². The van der Waals surface area contributed by atoms with Crippen molar-refractivity contribution in [2.24, 2.45) is 0 Å². The van der Waals surface area contributed by atoms with Gasteiger partial charge in [-0.25, -0.2) is 9.59 Å². The summed E-state index contributed by atoms with van der Waals surface area (Å²) in [5.74, 6) is -1.16. The van der Waals surface area contributed by atoms with Crippen LogP contribution in [0, 0.1) is 0 Å². The lowest BCUT2D eigenvalue weighted by Gasteiger charge is -2.22. The highest BCUT2D eigenvalue weighted by Crippen LogP contribution is 2.31. The van der Waals surface area contributed by atoms with Crippen LogP contribution in [0.5, 0.6) is 0 Å². The third-order valence-electron chi connectivity index (χ3n) is 2.90. The number of amides is 2. The molecule has 0 unspecified atom stereocenters. The largest absolute Gasteiger partial charge is 0.478 e. The van der Waals surface area contributed by atoms with E-state index in [0.717, 1.165) is 4.90 Å². The molecule has 124 valence electrons. The molecule has 0 radical (unpaired) electrons. The summed E-state index contributed by atoms with van der Waals surface area (Å²) in [4.78, 5) is 35.8. The van der Waals surface area contributed by atoms with Gasteiger partial charge in [0.05, 0.1) is 11.3 Å². The van der Waals surface area contributed by atoms with Gasteiger partial charge in [0.1, 0.15) is 11.6 Å². The van der Waals surface area contributed by atoms with Crippen LogP contribution in [0.3, 0.4) is 0 Å². The molecule has 0 aromatic heterocycles. The van der Waals surface area contributed by atoms with Crippen LogP contribution in [-0.2, 0) is 9.53 Å². The topological polar surface area (TPSA) is 105 Å². The first-order valence-corrected chi connectivity index (χ1v) is 7.95. The Balaban J connectivity index is 2.10. The molecular formula is C15H18N2O5S. The molecule has 1 heterocycles. The average Bonchev–Trinajstić information content (AvgIpc) is 2.55. The first kappa shape index (κ1) is 17.1. The molecule has 0 aliphatic carbocycles. The summed E-state index contributed by atoms with van der Waals surface area (Å²) in [6.45, 7) is 5.20. The highest BCUT2D eigenvalue weighted by molar-refractivity contribution is 7.99. The van der Waals surface area contributed by atoms with Gasteiger partial charge in [-0.05, 0) is 39.0 Å². The second kappa shape index (κ2) is 6.49. The number of rotatable bonds is 2. The Hall–Kier alpha value is -2.22. The summed E-state index contributed by atoms with van der Waals surface area (Å²) < 4.78 is 5.14. The van der Waals surface area contributed by atoms with Crippen LogP contribution in [0.1, 0.15) is 31.1 Å². The van der Waals surface area contributed by atoms with E-state index in [-0.39, 0.29) is 5.56 Å². The predicted molar refractivity (Wildman–Crippen MR) is 85.9 cm³/mol. The van der Waals surface area contributed by atoms with Gasteiger partial charge in [0.15, 0.2) is 0 Å². The minimum absolute atomic E-state index is 0.0863. The SMILES string of the molecule is CC(C)(C)OC(=O)N[C@H]1CSc2ccc(C(=O)O)cc2NC1=O. The van der Waals surface area contributed by atoms with Gasteiger partial charge in [-0.2, -0.15) is 0 Å². The van der Waals surface area contributed by atoms with Gasteiger partial charge < -0.3 is 20.5 Å². The van der Waals surface area contributed by atoms with Gasteiger partial charge >= 0.3 is 12.1 Å². The van der Waals surface area contributed by atoms with Crippen molar-refractivity contribution in [2.75, 3.05) is 11.1 Å². The number of carbonyl (C=O) groups is 3. The van der Waals surface area contributed by atoms with E-state index in [9.17, 15) is 14.4 Å². The Kier molecular flexibility index (Phi) is 4.84. The van der Waals surface area contributed by atoms with Crippen molar-refractivity contribution in [2.45, 2.75) is 37.3 Å². The van der Waals surface area contributed by atoms with E-state index in [2.05, 4.69) is 10.6 Å². The van der Waals surface area contributed by atoms with E-state index in [0.29, 0.717) is 11.4 Å². The average molecular weight is 338 g/mol. The number of carboxylic acid groups (broad SMARTS) is 1. The zero-order valence-electron chi connectivity index (χ0n) is 13.0. The van der Waals surface area contributed by atoms with Crippen molar-refractivity contribution in [1.29, 1.82) is 0 Å². The van der Waals surface area contributed by atoms with Crippen molar-refractivity contribution < 1.29 is 24.2 Å². The summed E-state index contributed by atoms with van der Waals surface area (Å²) in [6, 6.07) is 3.75. The number of carbonyl (C=O) groups excluding carboxylic acids is 2. The van der Waals surface area contributed by atoms with Gasteiger partial charge in [-0.15, -0.1) is 11.8 Å². The van der Waals surface area contributed by atoms with Gasteiger partial charge in [0.2, 0.25) is 5.91 Å². The van der Waals surface area contributed by atoms with Crippen LogP contribution in [0.15, 0.2) is 23.1 Å². The monoisotopic (exact) mass is 338 g/mol. The maximum Gasteiger partial charge on any atom is 0.408 e. The molecule has 8 heteroatoms. The minimum Gasteiger partial charge on any atom is -0.478 e. The number of benzene rings is 1. The first-order chi connectivity index (χ1) is 10.7. The summed E-state index contributed by atoms with van der Waals surface area (Å²) in [5.41, 5.74) is -0.144. The zero-order chi connectivity index (χ0) is 17.2. The van der Waals surface area contributed by atoms with E-state index in [1.54, 1.807) is 26.8 Å². The maximum atomic E-state index is 12.2. The van der Waals surface area contributed by atoms with Crippen molar-refractivity contribution in [3.05, 3.63) is 23.8 Å². The number of aromatic carboxylic acids is 1. The number of hydrogen-bond donors (Lipinski definition) is 3. The number of anilines is 1. The van der Waals surface area contributed by atoms with Crippen molar-refractivity contribution in [3.63, 3.8) is 0 Å². The van der Waals surface area contributed by atoms with Gasteiger partial charge in [-0.3, -0.25) is 4.79 Å². The second-order valence-electron chi connectivity index (χ2n) is 6.02. The molecule has 0 fully saturated rings. The van der Waals surface area contributed by atoms with Crippen LogP contribution < -0.4 is 10.6 Å². The second-order valence-corrected chi connectivity index (χ2v) is 7.08. The number of carboxylic acids is 1. The summed E-state index contributed by atoms with van der Waals surface area (Å²) >= 11 is 1.36. The lowest BCUT2D eigenvalue weighted by Crippen LogP contribution is -2.46. The normalized spacial score (nSPS) is 17.5. The molecule has 23 heavy (non-hydrogen) atoms. The summed E-state index contributed by atoms with van der Waals surface area (Å²) in [6.07, 6.45) is -0.671. The quantitative estimate of drug-likeness (QED) is 0.764. The van der Waals surface area contributed by atoms with Crippen LogP contribution in [0.2, 0.25) is 0 Å². The van der Waals surface area contributed by atoms with Crippen molar-refractivity contribution in [1.82, 2.24) is 5.32 Å². The molecule has 0 saturated heterocycles. The Morgan fingerprint density at radius 3 is 2.70 bits per heavy atom. The van der Waals surface area contributed by atoms with E-state index < -0.39 is 29.6 Å². The number of ether oxygens (including phenoxy) is 1. The molecule has 2 amide bonds. The Morgan fingerprint density at radius 1 is 1.39 bits per heavy atom. The Morgan fingerprint density at radius 2 is 2.09 bits per heavy atom. The number of hydrogen-bond acceptors (Lipinski definition) is 5. The van der Waals surface area contributed by atoms with Crippen molar-refractivity contribution >= 4 is 35.4 Å². The summed E-state index contributed by atoms with van der Waals surface area (Å²) in [5, 5.41) is 14.2. The van der Waals surface area contributed by atoms with Gasteiger partial charge in [0, 0.05) is 10.6 Å². The minimum atomic E-state index is -1.07. The number of thioether (sulfide) groups is 1. The molecule has 1 aliphatic heterocycles. The fraction of sp³-hybridized carbons (Fsp3) is 0.400. The molecule has 1 aromatic carbocycles. The van der Waals surface area contributed by atoms with Crippen LogP contribution >= 0.6 is 11.8 Å². The molecule has 7 nitrogen and oxygen atoms in total. The Labute approximate surface area is 137 Å². The van der Waals surface area contributed by atoms with Gasteiger partial charge in [-0.1, -0.05) is 0 Å². The standard InChI is InChI=1S/C15H18N2O5S/c1-15(2,3)22-14(21)17-10-7-23-11-5-4-8(13(19)20)6-9(11)16-12(10)18/h4-6,10H,7H2,1-3H3,(H,16,18)(H,17,21)(H,19,20)/t10-/m0/s1. The van der Waals surface area contributed by atoms with Crippen LogP contribution in [-0.4, -0.2) is 40.5 Å². The van der Waals surface area contributed by atoms with E-state index in [1.165, 1.54) is 23.9 Å². The molecule has 0 bridgehead atoms. The predicted octanol–water partition coefficient (Wildman–Crippen LogP) is 2.32. The highest BCUT2D eigenvalue weighted by atomic mass is 32.2. The molecular weight excluding hydrogens is 320 g/mol. The van der Waals surface area contributed by atoms with E-state index >= 15 is 0 Å². The third-order valence-corrected chi connectivity index (χ3v) is 4.06. The van der Waals surface area contributed by atoms with E-state index in [4.69, 9.17) is 9.84 Å². The molecule has 1 atom stereocenters. The van der Waals surface area contributed by atoms with Crippen LogP contribution in [0.25, 0.3) is 0 Å².